The lowest BCUT2D eigenvalue weighted by molar-refractivity contribution is -0.137. The van der Waals surface area contributed by atoms with Crippen molar-refractivity contribution in [1.82, 2.24) is 9.97 Å². The summed E-state index contributed by atoms with van der Waals surface area (Å²) in [6.45, 7) is 0. The van der Waals surface area contributed by atoms with Gasteiger partial charge in [0.15, 0.2) is 0 Å². The predicted octanol–water partition coefficient (Wildman–Crippen LogP) is 5.90. The molecule has 7 heteroatoms. The van der Waals surface area contributed by atoms with Crippen LogP contribution in [0.15, 0.2) is 79.3 Å². The van der Waals surface area contributed by atoms with Gasteiger partial charge in [0, 0.05) is 41.3 Å². The molecule has 0 saturated heterocycles. The summed E-state index contributed by atoms with van der Waals surface area (Å²) < 4.78 is 39.5. The number of halogens is 3. The van der Waals surface area contributed by atoms with E-state index in [2.05, 4.69) is 15.3 Å². The number of aromatic amines is 1. The zero-order chi connectivity index (χ0) is 21.1. The fourth-order valence-electron chi connectivity index (χ4n) is 3.14. The maximum atomic E-state index is 13.2. The number of nitrogens with one attached hydrogen (secondary N) is 2. The van der Waals surface area contributed by atoms with Gasteiger partial charge in [-0.25, -0.2) is 0 Å². The standard InChI is InChI=1S/C23H16F3N3O/c24-23(25,26)18-3-1-15(20(14-18)16-7-10-27-11-8-16)2-6-22(30)29-19-4-5-21-17(13-19)9-12-28-21/h1-14,28H,(H,29,30). The number of amides is 1. The molecule has 2 aromatic heterocycles. The highest BCUT2D eigenvalue weighted by atomic mass is 19.4. The highest BCUT2D eigenvalue weighted by molar-refractivity contribution is 6.03. The number of benzene rings is 2. The van der Waals surface area contributed by atoms with Gasteiger partial charge in [0.1, 0.15) is 0 Å². The van der Waals surface area contributed by atoms with Crippen LogP contribution in [0.5, 0.6) is 0 Å². The summed E-state index contributed by atoms with van der Waals surface area (Å²) in [6, 6.07) is 14.0. The summed E-state index contributed by atoms with van der Waals surface area (Å²) in [5, 5.41) is 3.72. The Morgan fingerprint density at radius 2 is 1.80 bits per heavy atom. The van der Waals surface area contributed by atoms with Gasteiger partial charge in [0.25, 0.3) is 0 Å². The molecule has 1 amide bonds. The first-order valence-corrected chi connectivity index (χ1v) is 9.08. The number of H-pyrrole nitrogens is 1. The average molecular weight is 407 g/mol. The van der Waals surface area contributed by atoms with Crippen molar-refractivity contribution in [3.8, 4) is 11.1 Å². The number of hydrogen-bond donors (Lipinski definition) is 2. The van der Waals surface area contributed by atoms with Gasteiger partial charge >= 0.3 is 6.18 Å². The molecule has 0 aliphatic rings. The summed E-state index contributed by atoms with van der Waals surface area (Å²) in [7, 11) is 0. The van der Waals surface area contributed by atoms with E-state index in [0.717, 1.165) is 23.0 Å². The number of anilines is 1. The second-order valence-electron chi connectivity index (χ2n) is 6.64. The molecule has 2 N–H and O–H groups in total. The van der Waals surface area contributed by atoms with Crippen molar-refractivity contribution in [3.63, 3.8) is 0 Å². The lowest BCUT2D eigenvalue weighted by Gasteiger charge is -2.12. The molecule has 0 aliphatic carbocycles. The molecule has 0 spiro atoms. The van der Waals surface area contributed by atoms with Crippen molar-refractivity contribution in [1.29, 1.82) is 0 Å². The number of fused-ring (bicyclic) bond motifs is 1. The van der Waals surface area contributed by atoms with Crippen molar-refractivity contribution in [2.45, 2.75) is 6.18 Å². The van der Waals surface area contributed by atoms with E-state index in [-0.39, 0.29) is 5.91 Å². The Labute approximate surface area is 170 Å². The van der Waals surface area contributed by atoms with Crippen LogP contribution in [0.2, 0.25) is 0 Å². The van der Waals surface area contributed by atoms with Gasteiger partial charge in [0.2, 0.25) is 5.91 Å². The topological polar surface area (TPSA) is 57.8 Å². The molecule has 4 nitrogen and oxygen atoms in total. The van der Waals surface area contributed by atoms with Gasteiger partial charge in [-0.05, 0) is 71.3 Å². The first-order chi connectivity index (χ1) is 14.4. The van der Waals surface area contributed by atoms with Crippen LogP contribution in [-0.4, -0.2) is 15.9 Å². The van der Waals surface area contributed by atoms with Gasteiger partial charge in [-0.2, -0.15) is 13.2 Å². The minimum atomic E-state index is -4.46. The van der Waals surface area contributed by atoms with E-state index in [9.17, 15) is 18.0 Å². The third kappa shape index (κ3) is 4.25. The molecular formula is C23H16F3N3O. The van der Waals surface area contributed by atoms with Crippen LogP contribution < -0.4 is 5.32 Å². The molecule has 150 valence electrons. The van der Waals surface area contributed by atoms with Crippen molar-refractivity contribution in [2.24, 2.45) is 0 Å². The maximum absolute atomic E-state index is 13.2. The monoisotopic (exact) mass is 407 g/mol. The number of aromatic nitrogens is 2. The normalized spacial score (nSPS) is 11.8. The SMILES string of the molecule is O=C(C=Cc1ccc(C(F)(F)F)cc1-c1ccncc1)Nc1ccc2[nH]ccc2c1. The van der Waals surface area contributed by atoms with Crippen LogP contribution in [0, 0.1) is 0 Å². The van der Waals surface area contributed by atoms with Crippen LogP contribution in [-0.2, 0) is 11.0 Å². The Morgan fingerprint density at radius 1 is 1.00 bits per heavy atom. The molecule has 0 atom stereocenters. The molecule has 0 fully saturated rings. The van der Waals surface area contributed by atoms with Gasteiger partial charge in [-0.1, -0.05) is 6.07 Å². The highest BCUT2D eigenvalue weighted by Gasteiger charge is 2.31. The van der Waals surface area contributed by atoms with Gasteiger partial charge < -0.3 is 10.3 Å². The van der Waals surface area contributed by atoms with Gasteiger partial charge in [-0.3, -0.25) is 9.78 Å². The second-order valence-corrected chi connectivity index (χ2v) is 6.64. The lowest BCUT2D eigenvalue weighted by Crippen LogP contribution is -2.08. The third-order valence-electron chi connectivity index (χ3n) is 4.61. The second kappa shape index (κ2) is 7.87. The first kappa shape index (κ1) is 19.4. The molecule has 0 radical (unpaired) electrons. The number of carbonyl (C=O) groups is 1. The number of pyridine rings is 1. The molecule has 4 aromatic rings. The Kier molecular flexibility index (Phi) is 5.10. The van der Waals surface area contributed by atoms with Crippen LogP contribution in [0.3, 0.4) is 0 Å². The van der Waals surface area contributed by atoms with Crippen molar-refractivity contribution >= 4 is 28.6 Å². The Morgan fingerprint density at radius 3 is 2.57 bits per heavy atom. The number of carbonyl (C=O) groups excluding carboxylic acids is 1. The van der Waals surface area contributed by atoms with Crippen LogP contribution in [0.4, 0.5) is 18.9 Å². The minimum absolute atomic E-state index is 0.366. The summed E-state index contributed by atoms with van der Waals surface area (Å²) >= 11 is 0. The number of nitrogens with zero attached hydrogens (tertiary/aromatic N) is 1. The zero-order valence-corrected chi connectivity index (χ0v) is 15.6. The van der Waals surface area contributed by atoms with Crippen molar-refractivity contribution in [3.05, 3.63) is 90.4 Å². The van der Waals surface area contributed by atoms with Crippen LogP contribution >= 0.6 is 0 Å². The number of rotatable bonds is 4. The van der Waals surface area contributed by atoms with Crippen molar-refractivity contribution in [2.75, 3.05) is 5.32 Å². The Balaban J connectivity index is 1.61. The smallest absolute Gasteiger partial charge is 0.361 e. The first-order valence-electron chi connectivity index (χ1n) is 9.08. The maximum Gasteiger partial charge on any atom is 0.416 e. The molecular weight excluding hydrogens is 391 g/mol. The van der Waals surface area contributed by atoms with E-state index in [4.69, 9.17) is 0 Å². The highest BCUT2D eigenvalue weighted by Crippen LogP contribution is 2.34. The fraction of sp³-hybridized carbons (Fsp3) is 0.0435. The minimum Gasteiger partial charge on any atom is -0.361 e. The quantitative estimate of drug-likeness (QED) is 0.414. The Bertz CT molecular complexity index is 1230. The summed E-state index contributed by atoms with van der Waals surface area (Å²) in [5.74, 6) is -0.384. The third-order valence-corrected chi connectivity index (χ3v) is 4.61. The molecule has 0 saturated carbocycles. The molecule has 30 heavy (non-hydrogen) atoms. The van der Waals surface area contributed by atoms with E-state index in [0.29, 0.717) is 22.4 Å². The lowest BCUT2D eigenvalue weighted by atomic mass is 9.97. The van der Waals surface area contributed by atoms with E-state index in [1.807, 2.05) is 18.2 Å². The predicted molar refractivity (Wildman–Crippen MR) is 111 cm³/mol. The van der Waals surface area contributed by atoms with E-state index in [1.165, 1.54) is 30.6 Å². The van der Waals surface area contributed by atoms with E-state index >= 15 is 0 Å². The molecule has 0 bridgehead atoms. The molecule has 0 aliphatic heterocycles. The summed E-state index contributed by atoms with van der Waals surface area (Å²) in [4.78, 5) is 19.3. The summed E-state index contributed by atoms with van der Waals surface area (Å²) in [5.41, 5.74) is 2.26. The number of hydrogen-bond acceptors (Lipinski definition) is 2. The van der Waals surface area contributed by atoms with E-state index < -0.39 is 11.7 Å². The Hall–Kier alpha value is -3.87. The number of alkyl halides is 3. The van der Waals surface area contributed by atoms with Crippen LogP contribution in [0.25, 0.3) is 28.1 Å². The summed E-state index contributed by atoms with van der Waals surface area (Å²) in [6.07, 6.45) is 3.16. The molecule has 2 aromatic carbocycles. The van der Waals surface area contributed by atoms with Gasteiger partial charge in [-0.15, -0.1) is 0 Å². The molecule has 0 unspecified atom stereocenters. The van der Waals surface area contributed by atoms with E-state index in [1.54, 1.807) is 24.4 Å². The largest absolute Gasteiger partial charge is 0.416 e. The van der Waals surface area contributed by atoms with Crippen LogP contribution in [0.1, 0.15) is 11.1 Å². The molecule has 4 rings (SSSR count). The fourth-order valence-corrected chi connectivity index (χ4v) is 3.14. The zero-order valence-electron chi connectivity index (χ0n) is 15.6. The molecule has 2 heterocycles. The van der Waals surface area contributed by atoms with Crippen molar-refractivity contribution < 1.29 is 18.0 Å². The average Bonchev–Trinajstić information content (AvgIpc) is 3.20. The van der Waals surface area contributed by atoms with Gasteiger partial charge in [0.05, 0.1) is 5.56 Å².